The van der Waals surface area contributed by atoms with Gasteiger partial charge >= 0.3 is 0 Å². The number of benzene rings is 3. The Kier molecular flexibility index (Phi) is 6.07. The predicted octanol–water partition coefficient (Wildman–Crippen LogP) is 3.73. The van der Waals surface area contributed by atoms with E-state index in [9.17, 15) is 9.59 Å². The molecular formula is C21H17ClN2O3. The molecule has 0 atom stereocenters. The fourth-order valence-electron chi connectivity index (χ4n) is 2.48. The molecule has 0 radical (unpaired) electrons. The summed E-state index contributed by atoms with van der Waals surface area (Å²) in [6, 6.07) is 20.6. The third kappa shape index (κ3) is 5.09. The number of hydrogen-bond donors (Lipinski definition) is 2. The fourth-order valence-corrected chi connectivity index (χ4v) is 2.67. The van der Waals surface area contributed by atoms with Crippen molar-refractivity contribution in [2.24, 2.45) is 0 Å². The van der Waals surface area contributed by atoms with E-state index in [0.717, 1.165) is 16.3 Å². The molecule has 0 bridgehead atoms. The summed E-state index contributed by atoms with van der Waals surface area (Å²) in [5.74, 6) is -0.549. The number of fused-ring (bicyclic) bond motifs is 1. The quantitative estimate of drug-likeness (QED) is 0.523. The molecule has 6 heteroatoms. The average Bonchev–Trinajstić information content (AvgIpc) is 2.70. The third-order valence-corrected chi connectivity index (χ3v) is 4.07. The molecule has 0 aromatic heterocycles. The number of ether oxygens (including phenoxy) is 1. The van der Waals surface area contributed by atoms with Gasteiger partial charge in [-0.15, -0.1) is 0 Å². The van der Waals surface area contributed by atoms with Crippen molar-refractivity contribution in [3.8, 4) is 5.75 Å². The number of carbonyl (C=O) groups excluding carboxylic acids is 2. The van der Waals surface area contributed by atoms with Crippen LogP contribution in [0.3, 0.4) is 0 Å². The largest absolute Gasteiger partial charge is 0.482 e. The molecule has 0 aliphatic heterocycles. The molecule has 136 valence electrons. The Morgan fingerprint density at radius 2 is 1.67 bits per heavy atom. The lowest BCUT2D eigenvalue weighted by atomic mass is 10.0. The van der Waals surface area contributed by atoms with E-state index in [1.54, 1.807) is 30.3 Å². The maximum atomic E-state index is 11.9. The Morgan fingerprint density at radius 3 is 2.52 bits per heavy atom. The van der Waals surface area contributed by atoms with Gasteiger partial charge in [-0.3, -0.25) is 20.4 Å². The van der Waals surface area contributed by atoms with E-state index < -0.39 is 11.8 Å². The number of nitrogens with one attached hydrogen (secondary N) is 2. The minimum atomic E-state index is -0.498. The first kappa shape index (κ1) is 18.5. The van der Waals surface area contributed by atoms with Crippen molar-refractivity contribution in [3.05, 3.63) is 83.4 Å². The first-order valence-electron chi connectivity index (χ1n) is 8.25. The maximum absolute atomic E-state index is 11.9. The summed E-state index contributed by atoms with van der Waals surface area (Å²) < 4.78 is 5.30. The van der Waals surface area contributed by atoms with Gasteiger partial charge in [-0.2, -0.15) is 0 Å². The zero-order chi connectivity index (χ0) is 19.1. The van der Waals surface area contributed by atoms with Gasteiger partial charge in [-0.25, -0.2) is 0 Å². The second kappa shape index (κ2) is 8.87. The molecule has 5 nitrogen and oxygen atoms in total. The summed E-state index contributed by atoms with van der Waals surface area (Å²) in [7, 11) is 0. The second-order valence-corrected chi connectivity index (χ2v) is 6.07. The Bertz CT molecular complexity index is 996. The van der Waals surface area contributed by atoms with Crippen molar-refractivity contribution in [3.63, 3.8) is 0 Å². The van der Waals surface area contributed by atoms with Crippen LogP contribution in [0.2, 0.25) is 5.02 Å². The smallest absolute Gasteiger partial charge is 0.276 e. The fraction of sp³-hybridized carbons (Fsp3) is 0.0476. The standard InChI is InChI=1S/C21H17ClN2O3/c22-18-10-3-4-11-19(18)27-14-21(26)24-23-20(25)13-12-16-8-5-7-15-6-1-2-9-17(15)16/h1-13H,14H2,(H,23,25)(H,24,26)/b13-12+. The minimum absolute atomic E-state index is 0.267. The molecule has 0 spiro atoms. The van der Waals surface area contributed by atoms with Gasteiger partial charge in [0.05, 0.1) is 5.02 Å². The molecule has 2 amide bonds. The number of carbonyl (C=O) groups is 2. The van der Waals surface area contributed by atoms with Crippen LogP contribution in [0.15, 0.2) is 72.8 Å². The lowest BCUT2D eigenvalue weighted by Gasteiger charge is -2.08. The molecule has 3 aromatic carbocycles. The number of amides is 2. The number of para-hydroxylation sites is 1. The molecular weight excluding hydrogens is 364 g/mol. The molecule has 27 heavy (non-hydrogen) atoms. The van der Waals surface area contributed by atoms with E-state index in [2.05, 4.69) is 10.9 Å². The highest BCUT2D eigenvalue weighted by Gasteiger charge is 2.06. The van der Waals surface area contributed by atoms with Crippen LogP contribution in [0.5, 0.6) is 5.75 Å². The Balaban J connectivity index is 1.51. The van der Waals surface area contributed by atoms with Crippen molar-refractivity contribution in [1.29, 1.82) is 0 Å². The summed E-state index contributed by atoms with van der Waals surface area (Å²) in [5.41, 5.74) is 5.51. The number of hydrazine groups is 1. The summed E-state index contributed by atoms with van der Waals surface area (Å²) in [6.45, 7) is -0.267. The van der Waals surface area contributed by atoms with Gasteiger partial charge in [0.2, 0.25) is 0 Å². The van der Waals surface area contributed by atoms with E-state index in [0.29, 0.717) is 10.8 Å². The van der Waals surface area contributed by atoms with E-state index in [-0.39, 0.29) is 6.61 Å². The SMILES string of the molecule is O=C(/C=C/c1cccc2ccccc12)NNC(=O)COc1ccccc1Cl. The Morgan fingerprint density at radius 1 is 0.926 bits per heavy atom. The highest BCUT2D eigenvalue weighted by atomic mass is 35.5. The van der Waals surface area contributed by atoms with Gasteiger partial charge in [0.1, 0.15) is 5.75 Å². The van der Waals surface area contributed by atoms with E-state index in [4.69, 9.17) is 16.3 Å². The van der Waals surface area contributed by atoms with Gasteiger partial charge in [0.25, 0.3) is 11.8 Å². The van der Waals surface area contributed by atoms with Crippen molar-refractivity contribution in [2.45, 2.75) is 0 Å². The molecule has 0 unspecified atom stereocenters. The molecule has 3 rings (SSSR count). The van der Waals surface area contributed by atoms with Gasteiger partial charge in [0.15, 0.2) is 6.61 Å². The lowest BCUT2D eigenvalue weighted by molar-refractivity contribution is -0.128. The molecule has 0 heterocycles. The molecule has 3 aromatic rings. The summed E-state index contributed by atoms with van der Waals surface area (Å²) in [5, 5.41) is 2.54. The van der Waals surface area contributed by atoms with Crippen LogP contribution in [0.25, 0.3) is 16.8 Å². The molecule has 0 aliphatic rings. The number of halogens is 1. The molecule has 0 saturated heterocycles. The predicted molar refractivity (Wildman–Crippen MR) is 106 cm³/mol. The molecule has 0 fully saturated rings. The van der Waals surface area contributed by atoms with Gasteiger partial charge in [-0.1, -0.05) is 66.2 Å². The van der Waals surface area contributed by atoms with E-state index >= 15 is 0 Å². The zero-order valence-electron chi connectivity index (χ0n) is 14.3. The summed E-state index contributed by atoms with van der Waals surface area (Å²) in [6.07, 6.45) is 3.06. The van der Waals surface area contributed by atoms with Crippen molar-refractivity contribution in [2.75, 3.05) is 6.61 Å². The van der Waals surface area contributed by atoms with Crippen LogP contribution in [0, 0.1) is 0 Å². The lowest BCUT2D eigenvalue weighted by Crippen LogP contribution is -2.43. The maximum Gasteiger partial charge on any atom is 0.276 e. The van der Waals surface area contributed by atoms with Crippen molar-refractivity contribution < 1.29 is 14.3 Å². The third-order valence-electron chi connectivity index (χ3n) is 3.76. The van der Waals surface area contributed by atoms with Crippen LogP contribution < -0.4 is 15.6 Å². The molecule has 2 N–H and O–H groups in total. The van der Waals surface area contributed by atoms with Gasteiger partial charge in [0, 0.05) is 6.08 Å². The van der Waals surface area contributed by atoms with Crippen molar-refractivity contribution >= 4 is 40.3 Å². The highest BCUT2D eigenvalue weighted by molar-refractivity contribution is 6.32. The van der Waals surface area contributed by atoms with Gasteiger partial charge in [-0.05, 0) is 34.5 Å². The highest BCUT2D eigenvalue weighted by Crippen LogP contribution is 2.22. The first-order valence-corrected chi connectivity index (χ1v) is 8.63. The first-order chi connectivity index (χ1) is 13.1. The summed E-state index contributed by atoms with van der Waals surface area (Å²) in [4.78, 5) is 23.7. The zero-order valence-corrected chi connectivity index (χ0v) is 15.1. The Labute approximate surface area is 161 Å². The van der Waals surface area contributed by atoms with E-state index in [1.807, 2.05) is 42.5 Å². The second-order valence-electron chi connectivity index (χ2n) is 5.66. The van der Waals surface area contributed by atoms with Crippen LogP contribution in [0.1, 0.15) is 5.56 Å². The normalized spacial score (nSPS) is 10.7. The summed E-state index contributed by atoms with van der Waals surface area (Å²) >= 11 is 5.94. The number of rotatable bonds is 5. The van der Waals surface area contributed by atoms with Crippen LogP contribution >= 0.6 is 11.6 Å². The van der Waals surface area contributed by atoms with E-state index in [1.165, 1.54) is 6.08 Å². The topological polar surface area (TPSA) is 67.4 Å². The Hall–Kier alpha value is -3.31. The van der Waals surface area contributed by atoms with Crippen molar-refractivity contribution in [1.82, 2.24) is 10.9 Å². The minimum Gasteiger partial charge on any atom is -0.482 e. The number of hydrogen-bond acceptors (Lipinski definition) is 3. The van der Waals surface area contributed by atoms with Crippen LogP contribution in [-0.2, 0) is 9.59 Å². The monoisotopic (exact) mass is 380 g/mol. The molecule has 0 aliphatic carbocycles. The van der Waals surface area contributed by atoms with Crippen LogP contribution in [-0.4, -0.2) is 18.4 Å². The van der Waals surface area contributed by atoms with Crippen LogP contribution in [0.4, 0.5) is 0 Å². The van der Waals surface area contributed by atoms with Gasteiger partial charge < -0.3 is 4.74 Å². The molecule has 0 saturated carbocycles. The average molecular weight is 381 g/mol.